The number of benzene rings is 1. The molecule has 1 aromatic rings. The first kappa shape index (κ1) is 11.4. The molecule has 1 N–H and O–H groups in total. The van der Waals surface area contributed by atoms with Crippen LogP contribution in [0.25, 0.3) is 0 Å². The Morgan fingerprint density at radius 2 is 2.31 bits per heavy atom. The molecule has 0 bridgehead atoms. The largest absolute Gasteiger partial charge is 0.496 e. The number of methoxy groups -OCH3 is 1. The highest BCUT2D eigenvalue weighted by Gasteiger charge is 2.25. The van der Waals surface area contributed by atoms with Gasteiger partial charge in [-0.05, 0) is 18.6 Å². The Balaban J connectivity index is 2.47. The van der Waals surface area contributed by atoms with Crippen molar-refractivity contribution < 1.29 is 9.13 Å². The molecule has 0 spiro atoms. The number of rotatable bonds is 3. The first-order chi connectivity index (χ1) is 7.77. The number of ether oxygens (including phenoxy) is 1. The van der Waals surface area contributed by atoms with E-state index < -0.39 is 0 Å². The van der Waals surface area contributed by atoms with E-state index in [1.807, 2.05) is 0 Å². The third kappa shape index (κ3) is 1.92. The van der Waals surface area contributed by atoms with E-state index in [-0.39, 0.29) is 5.82 Å². The summed E-state index contributed by atoms with van der Waals surface area (Å²) in [4.78, 5) is 0. The van der Waals surface area contributed by atoms with Gasteiger partial charge in [0.15, 0.2) is 0 Å². The highest BCUT2D eigenvalue weighted by Crippen LogP contribution is 2.36. The van der Waals surface area contributed by atoms with Crippen LogP contribution in [-0.4, -0.2) is 13.7 Å². The molecule has 1 aromatic carbocycles. The molecule has 2 rings (SSSR count). The Bertz CT molecular complexity index is 378. The van der Waals surface area contributed by atoms with Crippen molar-refractivity contribution in [2.45, 2.75) is 32.2 Å². The lowest BCUT2D eigenvalue weighted by Crippen LogP contribution is -2.29. The van der Waals surface area contributed by atoms with Gasteiger partial charge in [0.25, 0.3) is 0 Å². The molecule has 1 aliphatic heterocycles. The van der Waals surface area contributed by atoms with Gasteiger partial charge in [0.05, 0.1) is 7.11 Å². The quantitative estimate of drug-likeness (QED) is 0.850. The van der Waals surface area contributed by atoms with Crippen molar-refractivity contribution in [2.24, 2.45) is 0 Å². The maximum absolute atomic E-state index is 13.7. The average Bonchev–Trinajstić information content (AvgIpc) is 2.31. The van der Waals surface area contributed by atoms with E-state index in [2.05, 4.69) is 12.2 Å². The summed E-state index contributed by atoms with van der Waals surface area (Å²) in [5.74, 6) is 1.08. The first-order valence-corrected chi connectivity index (χ1v) is 5.83. The lowest BCUT2D eigenvalue weighted by molar-refractivity contribution is 0.389. The summed E-state index contributed by atoms with van der Waals surface area (Å²) in [5, 5.41) is 3.27. The molecule has 1 atom stereocenters. The molecule has 0 radical (unpaired) electrons. The monoisotopic (exact) mass is 223 g/mol. The van der Waals surface area contributed by atoms with Crippen LogP contribution in [0.5, 0.6) is 5.75 Å². The Morgan fingerprint density at radius 1 is 1.50 bits per heavy atom. The smallest absolute Gasteiger partial charge is 0.128 e. The van der Waals surface area contributed by atoms with E-state index in [9.17, 15) is 4.39 Å². The zero-order valence-electron chi connectivity index (χ0n) is 9.85. The molecule has 1 aliphatic rings. The van der Waals surface area contributed by atoms with Crippen molar-refractivity contribution in [3.05, 3.63) is 29.1 Å². The van der Waals surface area contributed by atoms with Gasteiger partial charge in [0.2, 0.25) is 0 Å². The van der Waals surface area contributed by atoms with E-state index in [4.69, 9.17) is 4.74 Å². The van der Waals surface area contributed by atoms with Crippen molar-refractivity contribution in [1.29, 1.82) is 0 Å². The lowest BCUT2D eigenvalue weighted by atomic mass is 9.86. The lowest BCUT2D eigenvalue weighted by Gasteiger charge is -2.28. The van der Waals surface area contributed by atoms with Gasteiger partial charge in [-0.3, -0.25) is 0 Å². The number of nitrogens with one attached hydrogen (secondary N) is 1. The van der Waals surface area contributed by atoms with Crippen LogP contribution in [0.4, 0.5) is 4.39 Å². The van der Waals surface area contributed by atoms with Crippen molar-refractivity contribution in [1.82, 2.24) is 5.32 Å². The first-order valence-electron chi connectivity index (χ1n) is 5.83. The van der Waals surface area contributed by atoms with Crippen molar-refractivity contribution >= 4 is 0 Å². The summed E-state index contributed by atoms with van der Waals surface area (Å²) in [6.07, 6.45) is 2.17. The summed E-state index contributed by atoms with van der Waals surface area (Å²) in [6.45, 7) is 3.68. The van der Waals surface area contributed by atoms with Crippen LogP contribution >= 0.6 is 0 Å². The van der Waals surface area contributed by atoms with Crippen LogP contribution in [0.3, 0.4) is 0 Å². The van der Waals surface area contributed by atoms with Crippen molar-refractivity contribution in [3.8, 4) is 5.75 Å². The fourth-order valence-corrected chi connectivity index (χ4v) is 2.49. The van der Waals surface area contributed by atoms with E-state index in [1.165, 1.54) is 6.07 Å². The highest BCUT2D eigenvalue weighted by atomic mass is 19.1. The van der Waals surface area contributed by atoms with Gasteiger partial charge in [0, 0.05) is 30.1 Å². The van der Waals surface area contributed by atoms with Crippen molar-refractivity contribution in [2.75, 3.05) is 13.7 Å². The maximum Gasteiger partial charge on any atom is 0.128 e. The molecular formula is C13H18FNO. The van der Waals surface area contributed by atoms with Gasteiger partial charge in [0.1, 0.15) is 11.6 Å². The second-order valence-corrected chi connectivity index (χ2v) is 4.26. The van der Waals surface area contributed by atoms with Crippen LogP contribution in [-0.2, 0) is 6.54 Å². The Hall–Kier alpha value is -1.09. The van der Waals surface area contributed by atoms with Gasteiger partial charge in [-0.15, -0.1) is 0 Å². The van der Waals surface area contributed by atoms with Crippen LogP contribution in [0.1, 0.15) is 36.8 Å². The maximum atomic E-state index is 13.7. The van der Waals surface area contributed by atoms with Gasteiger partial charge in [-0.1, -0.05) is 13.3 Å². The van der Waals surface area contributed by atoms with Crippen molar-refractivity contribution in [3.63, 3.8) is 0 Å². The molecule has 1 unspecified atom stereocenters. The molecule has 3 heteroatoms. The van der Waals surface area contributed by atoms with Gasteiger partial charge < -0.3 is 10.1 Å². The molecule has 0 aromatic heterocycles. The fourth-order valence-electron chi connectivity index (χ4n) is 2.49. The summed E-state index contributed by atoms with van der Waals surface area (Å²) in [5.41, 5.74) is 1.85. The summed E-state index contributed by atoms with van der Waals surface area (Å²) in [7, 11) is 1.65. The van der Waals surface area contributed by atoms with E-state index in [0.717, 1.165) is 36.3 Å². The summed E-state index contributed by atoms with van der Waals surface area (Å²) >= 11 is 0. The van der Waals surface area contributed by atoms with E-state index in [1.54, 1.807) is 13.2 Å². The van der Waals surface area contributed by atoms with E-state index >= 15 is 0 Å². The van der Waals surface area contributed by atoms with Crippen LogP contribution in [0.2, 0.25) is 0 Å². The molecule has 2 nitrogen and oxygen atoms in total. The third-order valence-electron chi connectivity index (χ3n) is 3.22. The molecule has 0 aliphatic carbocycles. The zero-order chi connectivity index (χ0) is 11.5. The number of hydrogen-bond acceptors (Lipinski definition) is 2. The summed E-state index contributed by atoms with van der Waals surface area (Å²) < 4.78 is 19.1. The molecule has 0 amide bonds. The van der Waals surface area contributed by atoms with Gasteiger partial charge in [-0.25, -0.2) is 4.39 Å². The topological polar surface area (TPSA) is 21.3 Å². The standard InChI is InChI=1S/C13H18FNO/c1-3-4-9-7-15-8-10-11(14)5-6-12(16-2)13(9)10/h5-6,9,15H,3-4,7-8H2,1-2H3. The van der Waals surface area contributed by atoms with Gasteiger partial charge >= 0.3 is 0 Å². The second kappa shape index (κ2) is 4.83. The van der Waals surface area contributed by atoms with Crippen LogP contribution in [0, 0.1) is 5.82 Å². The molecule has 0 saturated heterocycles. The normalized spacial score (nSPS) is 19.3. The zero-order valence-corrected chi connectivity index (χ0v) is 9.85. The Kier molecular flexibility index (Phi) is 3.44. The Morgan fingerprint density at radius 3 is 3.00 bits per heavy atom. The fraction of sp³-hybridized carbons (Fsp3) is 0.538. The number of halogens is 1. The molecular weight excluding hydrogens is 205 g/mol. The second-order valence-electron chi connectivity index (χ2n) is 4.26. The predicted octanol–water partition coefficient (Wildman–Crippen LogP) is 2.82. The molecule has 0 fully saturated rings. The van der Waals surface area contributed by atoms with Gasteiger partial charge in [-0.2, -0.15) is 0 Å². The molecule has 16 heavy (non-hydrogen) atoms. The van der Waals surface area contributed by atoms with E-state index in [0.29, 0.717) is 12.5 Å². The number of fused-ring (bicyclic) bond motifs is 1. The minimum atomic E-state index is -0.121. The van der Waals surface area contributed by atoms with Crippen LogP contribution in [0.15, 0.2) is 12.1 Å². The predicted molar refractivity (Wildman–Crippen MR) is 62.3 cm³/mol. The molecule has 1 heterocycles. The number of hydrogen-bond donors (Lipinski definition) is 1. The van der Waals surface area contributed by atoms with Crippen LogP contribution < -0.4 is 10.1 Å². The molecule has 88 valence electrons. The minimum absolute atomic E-state index is 0.121. The Labute approximate surface area is 95.8 Å². The summed E-state index contributed by atoms with van der Waals surface area (Å²) in [6, 6.07) is 3.23. The highest BCUT2D eigenvalue weighted by molar-refractivity contribution is 5.45. The average molecular weight is 223 g/mol. The minimum Gasteiger partial charge on any atom is -0.496 e. The SMILES string of the molecule is CCCC1CNCc2c(F)ccc(OC)c21. The molecule has 0 saturated carbocycles. The third-order valence-corrected chi connectivity index (χ3v) is 3.22.